The number of fused-ring (bicyclic) bond motifs is 1. The molecule has 37 heavy (non-hydrogen) atoms. The van der Waals surface area contributed by atoms with Crippen LogP contribution in [-0.2, 0) is 11.3 Å². The minimum absolute atomic E-state index is 0.268. The van der Waals surface area contributed by atoms with Crippen LogP contribution in [0.15, 0.2) is 60.7 Å². The molecule has 0 radical (unpaired) electrons. The molecule has 2 aromatic carbocycles. The van der Waals surface area contributed by atoms with E-state index in [4.69, 9.17) is 21.9 Å². The van der Waals surface area contributed by atoms with Crippen molar-refractivity contribution in [1.29, 1.82) is 0 Å². The number of carbonyl (C=O) groups excluding carboxylic acids is 1. The average Bonchev–Trinajstić information content (AvgIpc) is 2.94. The maximum absolute atomic E-state index is 12.5. The number of nitrogens with one attached hydrogen (secondary N) is 2. The molecule has 1 amide bonds. The molecule has 1 aromatic heterocycles. The molecule has 0 unspecified atom stereocenters. The third-order valence-electron chi connectivity index (χ3n) is 6.61. The van der Waals surface area contributed by atoms with Crippen molar-refractivity contribution in [1.82, 2.24) is 20.1 Å². The van der Waals surface area contributed by atoms with Crippen LogP contribution >= 0.6 is 12.2 Å². The van der Waals surface area contributed by atoms with Gasteiger partial charge in [0.2, 0.25) is 0 Å². The summed E-state index contributed by atoms with van der Waals surface area (Å²) >= 11 is 5.46. The van der Waals surface area contributed by atoms with Crippen LogP contribution < -0.4 is 15.5 Å². The van der Waals surface area contributed by atoms with Crippen molar-refractivity contribution in [2.45, 2.75) is 20.5 Å². The number of anilines is 2. The number of ether oxygens (including phenoxy) is 1. The van der Waals surface area contributed by atoms with E-state index < -0.39 is 0 Å². The number of hydrogen-bond donors (Lipinski definition) is 2. The SMILES string of the molecule is CCN(CC)CCNC(=S)Nc1ccc2nc(N3CCN(C(=O)OCc4ccccc4)CC3)ccc2c1. The number of likely N-dealkylation sites (N-methyl/N-ethyl adjacent to an activating group) is 1. The van der Waals surface area contributed by atoms with E-state index in [-0.39, 0.29) is 6.09 Å². The Hall–Kier alpha value is -3.43. The summed E-state index contributed by atoms with van der Waals surface area (Å²) in [5.74, 6) is 0.916. The molecule has 1 fully saturated rings. The zero-order valence-electron chi connectivity index (χ0n) is 21.7. The number of aromatic nitrogens is 1. The number of nitrogens with zero attached hydrogens (tertiary/aromatic N) is 4. The van der Waals surface area contributed by atoms with Gasteiger partial charge in [0.25, 0.3) is 0 Å². The molecule has 2 heterocycles. The zero-order chi connectivity index (χ0) is 26.0. The van der Waals surface area contributed by atoms with Crippen molar-refractivity contribution >= 4 is 45.8 Å². The van der Waals surface area contributed by atoms with E-state index in [1.165, 1.54) is 0 Å². The van der Waals surface area contributed by atoms with Crippen molar-refractivity contribution in [3.05, 3.63) is 66.2 Å². The van der Waals surface area contributed by atoms with Gasteiger partial charge in [-0.25, -0.2) is 9.78 Å². The molecular weight excluding hydrogens is 484 g/mol. The number of amides is 1. The normalized spacial score (nSPS) is 13.6. The van der Waals surface area contributed by atoms with E-state index >= 15 is 0 Å². The first kappa shape index (κ1) is 26.6. The quantitative estimate of drug-likeness (QED) is 0.404. The average molecular weight is 521 g/mol. The first-order valence-corrected chi connectivity index (χ1v) is 13.3. The lowest BCUT2D eigenvalue weighted by atomic mass is 10.2. The fourth-order valence-electron chi connectivity index (χ4n) is 4.34. The summed E-state index contributed by atoms with van der Waals surface area (Å²) in [6.07, 6.45) is -0.268. The van der Waals surface area contributed by atoms with Gasteiger partial charge in [0.1, 0.15) is 12.4 Å². The molecule has 9 heteroatoms. The molecule has 0 atom stereocenters. The fourth-order valence-corrected chi connectivity index (χ4v) is 4.56. The first-order valence-electron chi connectivity index (χ1n) is 12.9. The molecule has 4 rings (SSSR count). The van der Waals surface area contributed by atoms with Crippen LogP contribution in [-0.4, -0.2) is 78.3 Å². The lowest BCUT2D eigenvalue weighted by Crippen LogP contribution is -2.49. The van der Waals surface area contributed by atoms with Gasteiger partial charge in [-0.15, -0.1) is 0 Å². The van der Waals surface area contributed by atoms with Crippen molar-refractivity contribution in [2.75, 3.05) is 62.6 Å². The summed E-state index contributed by atoms with van der Waals surface area (Å²) in [5, 5.41) is 8.22. The number of hydrogen-bond acceptors (Lipinski definition) is 6. The predicted molar refractivity (Wildman–Crippen MR) is 154 cm³/mol. The third-order valence-corrected chi connectivity index (χ3v) is 6.85. The van der Waals surface area contributed by atoms with Crippen molar-refractivity contribution in [3.63, 3.8) is 0 Å². The van der Waals surface area contributed by atoms with Gasteiger partial charge < -0.3 is 30.1 Å². The number of thiocarbonyl (C=S) groups is 1. The van der Waals surface area contributed by atoms with E-state index in [9.17, 15) is 4.79 Å². The van der Waals surface area contributed by atoms with Crippen LogP contribution in [0.25, 0.3) is 10.9 Å². The Kier molecular flexibility index (Phi) is 9.51. The second-order valence-corrected chi connectivity index (χ2v) is 9.41. The highest BCUT2D eigenvalue weighted by atomic mass is 32.1. The molecule has 0 spiro atoms. The summed E-state index contributed by atoms with van der Waals surface area (Å²) < 4.78 is 5.48. The number of pyridine rings is 1. The summed E-state index contributed by atoms with van der Waals surface area (Å²) in [6.45, 7) is 11.1. The Morgan fingerprint density at radius 1 is 1.03 bits per heavy atom. The van der Waals surface area contributed by atoms with Gasteiger partial charge in [-0.1, -0.05) is 44.2 Å². The predicted octanol–water partition coefficient (Wildman–Crippen LogP) is 4.32. The Labute approximate surface area is 224 Å². The largest absolute Gasteiger partial charge is 0.445 e. The standard InChI is InChI=1S/C28H36N6O2S/c1-3-32(4-2)15-14-29-27(37)30-24-11-12-25-23(20-24)10-13-26(31-25)33-16-18-34(19-17-33)28(35)36-21-22-8-6-5-7-9-22/h5-13,20H,3-4,14-19,21H2,1-2H3,(H2,29,30,37). The second kappa shape index (κ2) is 13.2. The smallest absolute Gasteiger partial charge is 0.410 e. The maximum Gasteiger partial charge on any atom is 0.410 e. The zero-order valence-corrected chi connectivity index (χ0v) is 22.5. The molecule has 8 nitrogen and oxygen atoms in total. The van der Waals surface area contributed by atoms with Gasteiger partial charge in [0.05, 0.1) is 5.52 Å². The molecule has 0 aliphatic carbocycles. The minimum atomic E-state index is -0.268. The Morgan fingerprint density at radius 2 is 1.78 bits per heavy atom. The van der Waals surface area contributed by atoms with Crippen LogP contribution in [0.2, 0.25) is 0 Å². The fraction of sp³-hybridized carbons (Fsp3) is 0.393. The van der Waals surface area contributed by atoms with Crippen LogP contribution in [0.5, 0.6) is 0 Å². The molecule has 2 N–H and O–H groups in total. The highest BCUT2D eigenvalue weighted by molar-refractivity contribution is 7.80. The van der Waals surface area contributed by atoms with Crippen LogP contribution in [0.1, 0.15) is 19.4 Å². The number of benzene rings is 2. The first-order chi connectivity index (χ1) is 18.1. The van der Waals surface area contributed by atoms with Crippen molar-refractivity contribution in [2.24, 2.45) is 0 Å². The van der Waals surface area contributed by atoms with E-state index in [0.29, 0.717) is 37.9 Å². The second-order valence-electron chi connectivity index (χ2n) is 9.00. The summed E-state index contributed by atoms with van der Waals surface area (Å²) in [6, 6.07) is 19.9. The molecule has 3 aromatic rings. The summed E-state index contributed by atoms with van der Waals surface area (Å²) in [4.78, 5) is 23.6. The number of rotatable bonds is 9. The van der Waals surface area contributed by atoms with Gasteiger partial charge in [0.15, 0.2) is 5.11 Å². The Bertz CT molecular complexity index is 1180. The van der Waals surface area contributed by atoms with E-state index in [1.54, 1.807) is 4.90 Å². The highest BCUT2D eigenvalue weighted by Crippen LogP contribution is 2.22. The molecule has 0 bridgehead atoms. The van der Waals surface area contributed by atoms with Gasteiger partial charge >= 0.3 is 6.09 Å². The van der Waals surface area contributed by atoms with E-state index in [0.717, 1.165) is 54.2 Å². The van der Waals surface area contributed by atoms with Crippen LogP contribution in [0.4, 0.5) is 16.3 Å². The number of piperazine rings is 1. The van der Waals surface area contributed by atoms with Crippen LogP contribution in [0, 0.1) is 0 Å². The lowest BCUT2D eigenvalue weighted by molar-refractivity contribution is 0.0941. The lowest BCUT2D eigenvalue weighted by Gasteiger charge is -2.34. The molecule has 1 aliphatic rings. The number of carbonyl (C=O) groups is 1. The van der Waals surface area contributed by atoms with Crippen molar-refractivity contribution < 1.29 is 9.53 Å². The van der Waals surface area contributed by atoms with E-state index in [2.05, 4.69) is 46.4 Å². The Morgan fingerprint density at radius 3 is 2.51 bits per heavy atom. The molecule has 196 valence electrons. The molecule has 1 aliphatic heterocycles. The molecule has 0 saturated carbocycles. The monoisotopic (exact) mass is 520 g/mol. The molecule has 1 saturated heterocycles. The third kappa shape index (κ3) is 7.53. The van der Waals surface area contributed by atoms with Gasteiger partial charge in [-0.3, -0.25) is 0 Å². The summed E-state index contributed by atoms with van der Waals surface area (Å²) in [7, 11) is 0. The Balaban J connectivity index is 1.26. The van der Waals surface area contributed by atoms with Gasteiger partial charge in [-0.2, -0.15) is 0 Å². The topological polar surface area (TPSA) is 73.0 Å². The van der Waals surface area contributed by atoms with Gasteiger partial charge in [-0.05, 0) is 61.2 Å². The molecular formula is C28H36N6O2S. The van der Waals surface area contributed by atoms with E-state index in [1.807, 2.05) is 48.5 Å². The minimum Gasteiger partial charge on any atom is -0.445 e. The van der Waals surface area contributed by atoms with Gasteiger partial charge in [0, 0.05) is 50.3 Å². The summed E-state index contributed by atoms with van der Waals surface area (Å²) in [5.41, 5.74) is 2.85. The highest BCUT2D eigenvalue weighted by Gasteiger charge is 2.23. The van der Waals surface area contributed by atoms with Crippen molar-refractivity contribution in [3.8, 4) is 0 Å². The maximum atomic E-state index is 12.5. The van der Waals surface area contributed by atoms with Crippen LogP contribution in [0.3, 0.4) is 0 Å².